The second kappa shape index (κ2) is 8.22. The lowest BCUT2D eigenvalue weighted by Crippen LogP contribution is -2.46. The molecule has 3 rings (SSSR count). The number of ether oxygens (including phenoxy) is 1. The zero-order chi connectivity index (χ0) is 17.6. The molecular formula is C18H25N5O2. The van der Waals surface area contributed by atoms with Crippen LogP contribution in [0, 0.1) is 0 Å². The van der Waals surface area contributed by atoms with Crippen LogP contribution in [-0.2, 0) is 11.2 Å². The number of nitrogens with one attached hydrogen (secondary N) is 1. The summed E-state index contributed by atoms with van der Waals surface area (Å²) < 4.78 is 7.10. The molecule has 0 saturated carbocycles. The first-order valence-electron chi connectivity index (χ1n) is 8.78. The summed E-state index contributed by atoms with van der Waals surface area (Å²) in [5.74, 6) is 0.638. The molecular weight excluding hydrogens is 318 g/mol. The van der Waals surface area contributed by atoms with Gasteiger partial charge >= 0.3 is 0 Å². The van der Waals surface area contributed by atoms with Crippen LogP contribution in [0.15, 0.2) is 30.6 Å². The van der Waals surface area contributed by atoms with Gasteiger partial charge in [-0.2, -0.15) is 5.10 Å². The van der Waals surface area contributed by atoms with E-state index in [4.69, 9.17) is 4.74 Å². The number of carbonyl (C=O) groups excluding carboxylic acids is 1. The molecule has 3 heterocycles. The molecule has 1 saturated heterocycles. The van der Waals surface area contributed by atoms with Gasteiger partial charge in [-0.3, -0.25) is 9.69 Å². The molecule has 2 aromatic rings. The van der Waals surface area contributed by atoms with Crippen molar-refractivity contribution in [2.45, 2.75) is 26.3 Å². The Morgan fingerprint density at radius 3 is 2.84 bits per heavy atom. The van der Waals surface area contributed by atoms with Gasteiger partial charge in [0.1, 0.15) is 0 Å². The van der Waals surface area contributed by atoms with Gasteiger partial charge in [0.2, 0.25) is 0 Å². The molecule has 0 spiro atoms. The normalized spacial score (nSPS) is 16.6. The monoisotopic (exact) mass is 343 g/mol. The average Bonchev–Trinajstić information content (AvgIpc) is 3.07. The summed E-state index contributed by atoms with van der Waals surface area (Å²) in [5, 5.41) is 7.46. The number of morpholine rings is 1. The van der Waals surface area contributed by atoms with E-state index in [1.54, 1.807) is 17.1 Å². The smallest absolute Gasteiger partial charge is 0.255 e. The number of hydrogen-bond donors (Lipinski definition) is 1. The highest BCUT2D eigenvalue weighted by atomic mass is 16.5. The molecule has 7 nitrogen and oxygen atoms in total. The zero-order valence-electron chi connectivity index (χ0n) is 14.8. The third kappa shape index (κ3) is 4.24. The van der Waals surface area contributed by atoms with Crippen molar-refractivity contribution in [1.29, 1.82) is 0 Å². The molecule has 7 heteroatoms. The molecule has 1 aliphatic rings. The molecule has 0 aliphatic carbocycles. The molecule has 1 N–H and O–H groups in total. The van der Waals surface area contributed by atoms with E-state index >= 15 is 0 Å². The van der Waals surface area contributed by atoms with Crippen LogP contribution in [0.5, 0.6) is 0 Å². The van der Waals surface area contributed by atoms with E-state index < -0.39 is 0 Å². The maximum atomic E-state index is 12.7. The maximum Gasteiger partial charge on any atom is 0.255 e. The SMILES string of the molecule is CCc1c(C(=O)N[C@@H](C)CN2CCOCC2)cnn1-c1ccccn1. The fourth-order valence-electron chi connectivity index (χ4n) is 3.10. The predicted molar refractivity (Wildman–Crippen MR) is 94.9 cm³/mol. The van der Waals surface area contributed by atoms with Crippen molar-refractivity contribution in [2.75, 3.05) is 32.8 Å². The van der Waals surface area contributed by atoms with Gasteiger partial charge in [0.25, 0.3) is 5.91 Å². The Labute approximate surface area is 148 Å². The summed E-state index contributed by atoms with van der Waals surface area (Å²) >= 11 is 0. The van der Waals surface area contributed by atoms with Gasteiger partial charge in [0.05, 0.1) is 30.7 Å². The lowest BCUT2D eigenvalue weighted by atomic mass is 10.1. The van der Waals surface area contributed by atoms with Crippen molar-refractivity contribution in [3.8, 4) is 5.82 Å². The van der Waals surface area contributed by atoms with Crippen molar-refractivity contribution >= 4 is 5.91 Å². The van der Waals surface area contributed by atoms with E-state index in [0.717, 1.165) is 44.4 Å². The molecule has 0 radical (unpaired) electrons. The quantitative estimate of drug-likeness (QED) is 0.855. The van der Waals surface area contributed by atoms with E-state index in [1.165, 1.54) is 0 Å². The van der Waals surface area contributed by atoms with E-state index in [2.05, 4.69) is 20.3 Å². The van der Waals surface area contributed by atoms with Gasteiger partial charge in [-0.25, -0.2) is 9.67 Å². The summed E-state index contributed by atoms with van der Waals surface area (Å²) in [4.78, 5) is 19.3. The molecule has 0 bridgehead atoms. The molecule has 1 atom stereocenters. The Morgan fingerprint density at radius 2 is 2.16 bits per heavy atom. The summed E-state index contributed by atoms with van der Waals surface area (Å²) in [6, 6.07) is 5.72. The predicted octanol–water partition coefficient (Wildman–Crippen LogP) is 1.28. The molecule has 2 aromatic heterocycles. The zero-order valence-corrected chi connectivity index (χ0v) is 14.8. The summed E-state index contributed by atoms with van der Waals surface area (Å²) in [6.07, 6.45) is 4.06. The van der Waals surface area contributed by atoms with E-state index in [-0.39, 0.29) is 11.9 Å². The molecule has 1 amide bonds. The minimum atomic E-state index is -0.0835. The number of carbonyl (C=O) groups is 1. The van der Waals surface area contributed by atoms with Crippen LogP contribution < -0.4 is 5.32 Å². The number of hydrogen-bond acceptors (Lipinski definition) is 5. The lowest BCUT2D eigenvalue weighted by molar-refractivity contribution is 0.0342. The number of rotatable bonds is 6. The molecule has 0 unspecified atom stereocenters. The maximum absolute atomic E-state index is 12.7. The molecule has 0 aromatic carbocycles. The Morgan fingerprint density at radius 1 is 1.36 bits per heavy atom. The highest BCUT2D eigenvalue weighted by Gasteiger charge is 2.20. The fraction of sp³-hybridized carbons (Fsp3) is 0.500. The highest BCUT2D eigenvalue weighted by molar-refractivity contribution is 5.95. The van der Waals surface area contributed by atoms with E-state index in [9.17, 15) is 4.79 Å². The minimum Gasteiger partial charge on any atom is -0.379 e. The van der Waals surface area contributed by atoms with Gasteiger partial charge in [0, 0.05) is 31.9 Å². The van der Waals surface area contributed by atoms with Crippen molar-refractivity contribution in [2.24, 2.45) is 0 Å². The Balaban J connectivity index is 1.68. The topological polar surface area (TPSA) is 72.3 Å². The Kier molecular flexibility index (Phi) is 5.78. The van der Waals surface area contributed by atoms with Crippen LogP contribution in [0.1, 0.15) is 29.9 Å². The number of pyridine rings is 1. The highest BCUT2D eigenvalue weighted by Crippen LogP contribution is 2.14. The Hall–Kier alpha value is -2.25. The summed E-state index contributed by atoms with van der Waals surface area (Å²) in [7, 11) is 0. The lowest BCUT2D eigenvalue weighted by Gasteiger charge is -2.29. The van der Waals surface area contributed by atoms with E-state index in [1.807, 2.05) is 32.0 Å². The molecule has 134 valence electrons. The van der Waals surface area contributed by atoms with Crippen LogP contribution in [0.25, 0.3) is 5.82 Å². The standard InChI is InChI=1S/C18H25N5O2/c1-3-16-15(12-20-23(16)17-6-4-5-7-19-17)18(24)21-14(2)13-22-8-10-25-11-9-22/h4-7,12,14H,3,8-11,13H2,1-2H3,(H,21,24)/t14-/m0/s1. The third-order valence-corrected chi connectivity index (χ3v) is 4.33. The van der Waals surface area contributed by atoms with Crippen molar-refractivity contribution < 1.29 is 9.53 Å². The molecule has 25 heavy (non-hydrogen) atoms. The first-order valence-corrected chi connectivity index (χ1v) is 8.78. The van der Waals surface area contributed by atoms with Crippen LogP contribution in [0.2, 0.25) is 0 Å². The second-order valence-corrected chi connectivity index (χ2v) is 6.25. The van der Waals surface area contributed by atoms with Crippen molar-refractivity contribution in [3.63, 3.8) is 0 Å². The van der Waals surface area contributed by atoms with Gasteiger partial charge in [0.15, 0.2) is 5.82 Å². The van der Waals surface area contributed by atoms with Gasteiger partial charge in [-0.15, -0.1) is 0 Å². The third-order valence-electron chi connectivity index (χ3n) is 4.33. The van der Waals surface area contributed by atoms with Crippen molar-refractivity contribution in [1.82, 2.24) is 25.0 Å². The summed E-state index contributed by atoms with van der Waals surface area (Å²) in [6.45, 7) is 8.22. The van der Waals surface area contributed by atoms with Crippen LogP contribution in [-0.4, -0.2) is 64.5 Å². The van der Waals surface area contributed by atoms with Gasteiger partial charge in [-0.1, -0.05) is 13.0 Å². The number of aromatic nitrogens is 3. The summed E-state index contributed by atoms with van der Waals surface area (Å²) in [5.41, 5.74) is 1.48. The van der Waals surface area contributed by atoms with Gasteiger partial charge in [-0.05, 0) is 25.5 Å². The van der Waals surface area contributed by atoms with Crippen molar-refractivity contribution in [3.05, 3.63) is 41.9 Å². The molecule has 1 fully saturated rings. The van der Waals surface area contributed by atoms with E-state index in [0.29, 0.717) is 12.0 Å². The first kappa shape index (κ1) is 17.6. The average molecular weight is 343 g/mol. The number of amides is 1. The molecule has 1 aliphatic heterocycles. The minimum absolute atomic E-state index is 0.0634. The van der Waals surface area contributed by atoms with Gasteiger partial charge < -0.3 is 10.1 Å². The first-order chi connectivity index (χ1) is 12.2. The van der Waals surface area contributed by atoms with Crippen LogP contribution in [0.3, 0.4) is 0 Å². The largest absolute Gasteiger partial charge is 0.379 e. The second-order valence-electron chi connectivity index (χ2n) is 6.25. The fourth-order valence-corrected chi connectivity index (χ4v) is 3.10. The van der Waals surface area contributed by atoms with Crippen LogP contribution in [0.4, 0.5) is 0 Å². The van der Waals surface area contributed by atoms with Crippen LogP contribution >= 0.6 is 0 Å². The number of nitrogens with zero attached hydrogens (tertiary/aromatic N) is 4. The Bertz CT molecular complexity index is 695.